The van der Waals surface area contributed by atoms with Crippen LogP contribution in [0.15, 0.2) is 47.7 Å². The van der Waals surface area contributed by atoms with Gasteiger partial charge >= 0.3 is 0 Å². The van der Waals surface area contributed by atoms with E-state index in [1.807, 2.05) is 42.1 Å². The second-order valence-corrected chi connectivity index (χ2v) is 5.68. The van der Waals surface area contributed by atoms with Crippen LogP contribution in [-0.2, 0) is 9.53 Å². The summed E-state index contributed by atoms with van der Waals surface area (Å²) in [5, 5.41) is 13.3. The third-order valence-corrected chi connectivity index (χ3v) is 3.76. The predicted octanol–water partition coefficient (Wildman–Crippen LogP) is 1.48. The number of aliphatic imine (C=N–C) groups is 1. The Morgan fingerprint density at radius 3 is 2.81 bits per heavy atom. The van der Waals surface area contributed by atoms with Gasteiger partial charge < -0.3 is 20.7 Å². The Bertz CT molecular complexity index is 720. The summed E-state index contributed by atoms with van der Waals surface area (Å²) < 4.78 is 6.71. The maximum atomic E-state index is 11.7. The van der Waals surface area contributed by atoms with Crippen molar-refractivity contribution in [3.63, 3.8) is 0 Å². The molecule has 1 aromatic carbocycles. The summed E-state index contributed by atoms with van der Waals surface area (Å²) in [4.78, 5) is 15.9. The molecule has 0 aliphatic carbocycles. The van der Waals surface area contributed by atoms with E-state index >= 15 is 0 Å². The smallest absolute Gasteiger partial charge is 0.239 e. The van der Waals surface area contributed by atoms with Crippen LogP contribution in [0.25, 0.3) is 5.69 Å². The minimum Gasteiger partial charge on any atom is -0.383 e. The number of rotatable bonds is 8. The van der Waals surface area contributed by atoms with E-state index in [0.29, 0.717) is 19.1 Å². The van der Waals surface area contributed by atoms with Crippen LogP contribution in [-0.4, -0.2) is 55.5 Å². The van der Waals surface area contributed by atoms with E-state index in [9.17, 15) is 4.79 Å². The van der Waals surface area contributed by atoms with Gasteiger partial charge in [0, 0.05) is 33.1 Å². The monoisotopic (exact) mass is 486 g/mol. The summed E-state index contributed by atoms with van der Waals surface area (Å²) in [6, 6.07) is 9.99. The molecular weight excluding hydrogens is 459 g/mol. The average Bonchev–Trinajstić information content (AvgIpc) is 3.20. The van der Waals surface area contributed by atoms with Crippen molar-refractivity contribution in [3.05, 3.63) is 48.3 Å². The molecule has 0 saturated carbocycles. The maximum Gasteiger partial charge on any atom is 0.239 e. The third-order valence-electron chi connectivity index (χ3n) is 3.76. The number of halogens is 1. The first-order valence-electron chi connectivity index (χ1n) is 8.47. The number of hydrogen-bond acceptors (Lipinski definition) is 4. The highest BCUT2D eigenvalue weighted by molar-refractivity contribution is 14.0. The van der Waals surface area contributed by atoms with Crippen LogP contribution < -0.4 is 16.0 Å². The first kappa shape index (κ1) is 22.9. The molecule has 2 aromatic rings. The van der Waals surface area contributed by atoms with Gasteiger partial charge in [0.1, 0.15) is 0 Å². The third kappa shape index (κ3) is 7.55. The molecular formula is C18H27IN6O2. The van der Waals surface area contributed by atoms with Crippen molar-refractivity contribution in [2.45, 2.75) is 13.0 Å². The van der Waals surface area contributed by atoms with Gasteiger partial charge in [-0.05, 0) is 30.7 Å². The molecule has 148 valence electrons. The molecule has 3 N–H and O–H groups in total. The lowest BCUT2D eigenvalue weighted by Crippen LogP contribution is -2.44. The van der Waals surface area contributed by atoms with Crippen molar-refractivity contribution in [2.24, 2.45) is 4.99 Å². The Morgan fingerprint density at radius 1 is 1.33 bits per heavy atom. The van der Waals surface area contributed by atoms with Crippen LogP contribution in [0.5, 0.6) is 0 Å². The van der Waals surface area contributed by atoms with Crippen LogP contribution in [0.4, 0.5) is 0 Å². The number of amides is 1. The molecule has 0 radical (unpaired) electrons. The van der Waals surface area contributed by atoms with Crippen LogP contribution in [0.1, 0.15) is 18.5 Å². The number of aromatic nitrogens is 2. The summed E-state index contributed by atoms with van der Waals surface area (Å²) in [7, 11) is 3.27. The molecule has 0 saturated heterocycles. The van der Waals surface area contributed by atoms with Gasteiger partial charge in [-0.2, -0.15) is 5.10 Å². The minimum atomic E-state index is -0.113. The number of carbonyl (C=O) groups is 1. The number of ether oxygens (including phenoxy) is 1. The lowest BCUT2D eigenvalue weighted by atomic mass is 10.1. The SMILES string of the molecule is CN=C(NCC(=O)NCCOC)NC(C)c1cccc(-n2cccn2)c1.I. The highest BCUT2D eigenvalue weighted by Crippen LogP contribution is 2.16. The van der Waals surface area contributed by atoms with Crippen molar-refractivity contribution in [1.82, 2.24) is 25.7 Å². The number of carbonyl (C=O) groups excluding carboxylic acids is 1. The predicted molar refractivity (Wildman–Crippen MR) is 117 cm³/mol. The summed E-state index contributed by atoms with van der Waals surface area (Å²) in [6.45, 7) is 3.15. The highest BCUT2D eigenvalue weighted by atomic mass is 127. The Balaban J connectivity index is 0.00000364. The zero-order valence-corrected chi connectivity index (χ0v) is 18.1. The summed E-state index contributed by atoms with van der Waals surface area (Å²) in [6.07, 6.45) is 3.65. The van der Waals surface area contributed by atoms with Gasteiger partial charge in [0.05, 0.1) is 24.9 Å². The second kappa shape index (κ2) is 12.3. The van der Waals surface area contributed by atoms with Crippen LogP contribution in [0.2, 0.25) is 0 Å². The number of nitrogens with one attached hydrogen (secondary N) is 3. The molecule has 0 aliphatic rings. The van der Waals surface area contributed by atoms with Crippen molar-refractivity contribution in [1.29, 1.82) is 0 Å². The van der Waals surface area contributed by atoms with E-state index in [1.54, 1.807) is 20.4 Å². The molecule has 0 spiro atoms. The Morgan fingerprint density at radius 2 is 2.15 bits per heavy atom. The van der Waals surface area contributed by atoms with E-state index in [2.05, 4.69) is 32.1 Å². The van der Waals surface area contributed by atoms with E-state index in [1.165, 1.54) is 0 Å². The molecule has 1 aromatic heterocycles. The Labute approximate surface area is 176 Å². The number of benzene rings is 1. The van der Waals surface area contributed by atoms with Gasteiger partial charge in [-0.1, -0.05) is 12.1 Å². The fraction of sp³-hybridized carbons (Fsp3) is 0.389. The van der Waals surface area contributed by atoms with Crippen molar-refractivity contribution < 1.29 is 9.53 Å². The van der Waals surface area contributed by atoms with Crippen molar-refractivity contribution in [2.75, 3.05) is 33.9 Å². The molecule has 1 atom stereocenters. The zero-order chi connectivity index (χ0) is 18.8. The number of hydrogen-bond donors (Lipinski definition) is 3. The van der Waals surface area contributed by atoms with Gasteiger partial charge in [-0.15, -0.1) is 24.0 Å². The molecule has 8 nitrogen and oxygen atoms in total. The highest BCUT2D eigenvalue weighted by Gasteiger charge is 2.10. The standard InChI is InChI=1S/C18H26N6O2.HI/c1-14(15-6-4-7-16(12-15)24-10-5-8-22-24)23-18(19-2)21-13-17(25)20-9-11-26-3;/h4-8,10,12,14H,9,11,13H2,1-3H3,(H,20,25)(H2,19,21,23);1H. The Hall–Kier alpha value is -2.14. The van der Waals surface area contributed by atoms with E-state index in [-0.39, 0.29) is 42.5 Å². The van der Waals surface area contributed by atoms with Crippen LogP contribution in [0, 0.1) is 0 Å². The van der Waals surface area contributed by atoms with Gasteiger partial charge in [0.25, 0.3) is 0 Å². The quantitative estimate of drug-likeness (QED) is 0.228. The lowest BCUT2D eigenvalue weighted by molar-refractivity contribution is -0.120. The zero-order valence-electron chi connectivity index (χ0n) is 15.8. The van der Waals surface area contributed by atoms with Gasteiger partial charge in [0.15, 0.2) is 5.96 Å². The molecule has 9 heteroatoms. The summed E-state index contributed by atoms with van der Waals surface area (Å²) in [5.74, 6) is 0.446. The van der Waals surface area contributed by atoms with Crippen LogP contribution in [0.3, 0.4) is 0 Å². The minimum absolute atomic E-state index is 0. The molecule has 1 unspecified atom stereocenters. The largest absolute Gasteiger partial charge is 0.383 e. The summed E-state index contributed by atoms with van der Waals surface area (Å²) >= 11 is 0. The number of methoxy groups -OCH3 is 1. The number of guanidine groups is 1. The van der Waals surface area contributed by atoms with Gasteiger partial charge in [-0.25, -0.2) is 4.68 Å². The Kier molecular flexibility index (Phi) is 10.4. The van der Waals surface area contributed by atoms with Crippen molar-refractivity contribution >= 4 is 35.8 Å². The van der Waals surface area contributed by atoms with Gasteiger partial charge in [-0.3, -0.25) is 9.79 Å². The van der Waals surface area contributed by atoms with Gasteiger partial charge in [0.2, 0.25) is 5.91 Å². The second-order valence-electron chi connectivity index (χ2n) is 5.68. The first-order valence-corrected chi connectivity index (χ1v) is 8.47. The first-order chi connectivity index (χ1) is 12.6. The van der Waals surface area contributed by atoms with Crippen molar-refractivity contribution in [3.8, 4) is 5.69 Å². The molecule has 1 amide bonds. The molecule has 0 aliphatic heterocycles. The van der Waals surface area contributed by atoms with Crippen LogP contribution >= 0.6 is 24.0 Å². The molecule has 0 bridgehead atoms. The molecule has 27 heavy (non-hydrogen) atoms. The fourth-order valence-corrected chi connectivity index (χ4v) is 2.36. The normalized spacial score (nSPS) is 12.0. The lowest BCUT2D eigenvalue weighted by Gasteiger charge is -2.19. The fourth-order valence-electron chi connectivity index (χ4n) is 2.36. The van der Waals surface area contributed by atoms with E-state index < -0.39 is 0 Å². The maximum absolute atomic E-state index is 11.7. The molecule has 2 rings (SSSR count). The number of nitrogens with zero attached hydrogens (tertiary/aromatic N) is 3. The topological polar surface area (TPSA) is 92.6 Å². The average molecular weight is 486 g/mol. The van der Waals surface area contributed by atoms with E-state index in [4.69, 9.17) is 4.74 Å². The van der Waals surface area contributed by atoms with E-state index in [0.717, 1.165) is 11.3 Å². The molecule has 1 heterocycles. The molecule has 0 fully saturated rings. The summed E-state index contributed by atoms with van der Waals surface area (Å²) in [5.41, 5.74) is 2.08.